The predicted molar refractivity (Wildman–Crippen MR) is 137 cm³/mol. The molecule has 1 fully saturated rings. The zero-order chi connectivity index (χ0) is 24.6. The molecule has 0 amide bonds. The van der Waals surface area contributed by atoms with Crippen LogP contribution in [-0.2, 0) is 24.4 Å². The number of benzene rings is 1. The second kappa shape index (κ2) is 12.0. The van der Waals surface area contributed by atoms with Gasteiger partial charge in [0.2, 0.25) is 0 Å². The van der Waals surface area contributed by atoms with Crippen LogP contribution in [0.5, 0.6) is 0 Å². The third kappa shape index (κ3) is 6.93. The van der Waals surface area contributed by atoms with Crippen LogP contribution in [-0.4, -0.2) is 59.6 Å². The summed E-state index contributed by atoms with van der Waals surface area (Å²) in [5.41, 5.74) is 4.38. The summed E-state index contributed by atoms with van der Waals surface area (Å²) in [7, 11) is 0. The SMILES string of the molecule is CCN(Cc1ccc(CN2CCN(c3ncccc3C(=O)OC(C)C)CC2)cc1)Cc1ccoc1. The topological polar surface area (TPSA) is 62.0 Å². The molecule has 0 radical (unpaired) electrons. The second-order valence-corrected chi connectivity index (χ2v) is 9.34. The van der Waals surface area contributed by atoms with Crippen LogP contribution in [0.3, 0.4) is 0 Å². The molecule has 0 spiro atoms. The number of piperazine rings is 1. The average molecular weight is 477 g/mol. The average Bonchev–Trinajstić information content (AvgIpc) is 3.38. The van der Waals surface area contributed by atoms with Crippen molar-refractivity contribution >= 4 is 11.8 Å². The quantitative estimate of drug-likeness (QED) is 0.397. The summed E-state index contributed by atoms with van der Waals surface area (Å²) in [4.78, 5) is 24.1. The minimum Gasteiger partial charge on any atom is -0.472 e. The largest absolute Gasteiger partial charge is 0.472 e. The van der Waals surface area contributed by atoms with Crippen LogP contribution < -0.4 is 4.90 Å². The normalized spacial score (nSPS) is 14.6. The molecule has 3 heterocycles. The van der Waals surface area contributed by atoms with Crippen LogP contribution >= 0.6 is 0 Å². The van der Waals surface area contributed by atoms with Gasteiger partial charge in [0, 0.05) is 57.6 Å². The molecule has 35 heavy (non-hydrogen) atoms. The molecule has 0 aliphatic carbocycles. The molecule has 7 heteroatoms. The third-order valence-corrected chi connectivity index (χ3v) is 6.29. The lowest BCUT2D eigenvalue weighted by Gasteiger charge is -2.36. The Hall–Kier alpha value is -3.16. The molecule has 0 bridgehead atoms. The summed E-state index contributed by atoms with van der Waals surface area (Å²) >= 11 is 0. The highest BCUT2D eigenvalue weighted by Gasteiger charge is 2.23. The van der Waals surface area contributed by atoms with Crippen molar-refractivity contribution < 1.29 is 13.9 Å². The van der Waals surface area contributed by atoms with Crippen molar-refractivity contribution in [3.05, 3.63) is 83.4 Å². The van der Waals surface area contributed by atoms with E-state index in [2.05, 4.69) is 50.9 Å². The number of furan rings is 1. The summed E-state index contributed by atoms with van der Waals surface area (Å²) in [5, 5.41) is 0. The van der Waals surface area contributed by atoms with Crippen LogP contribution in [0.4, 0.5) is 5.82 Å². The van der Waals surface area contributed by atoms with Crippen molar-refractivity contribution in [3.63, 3.8) is 0 Å². The molecule has 1 aliphatic rings. The van der Waals surface area contributed by atoms with Crippen LogP contribution in [0.25, 0.3) is 0 Å². The number of nitrogens with zero attached hydrogens (tertiary/aromatic N) is 4. The van der Waals surface area contributed by atoms with Crippen LogP contribution in [0, 0.1) is 0 Å². The lowest BCUT2D eigenvalue weighted by molar-refractivity contribution is 0.0378. The molecule has 7 nitrogen and oxygen atoms in total. The lowest BCUT2D eigenvalue weighted by atomic mass is 10.1. The fraction of sp³-hybridized carbons (Fsp3) is 0.429. The van der Waals surface area contributed by atoms with Gasteiger partial charge in [0.15, 0.2) is 0 Å². The van der Waals surface area contributed by atoms with E-state index in [0.717, 1.165) is 58.2 Å². The van der Waals surface area contributed by atoms with E-state index in [-0.39, 0.29) is 12.1 Å². The van der Waals surface area contributed by atoms with Gasteiger partial charge in [-0.2, -0.15) is 0 Å². The fourth-order valence-electron chi connectivity index (χ4n) is 4.39. The first-order chi connectivity index (χ1) is 17.0. The lowest BCUT2D eigenvalue weighted by Crippen LogP contribution is -2.46. The fourth-order valence-corrected chi connectivity index (χ4v) is 4.39. The molecule has 1 saturated heterocycles. The van der Waals surface area contributed by atoms with Crippen LogP contribution in [0.15, 0.2) is 65.6 Å². The Bertz CT molecular complexity index is 1060. The van der Waals surface area contributed by atoms with Gasteiger partial charge in [0.05, 0.1) is 18.6 Å². The van der Waals surface area contributed by atoms with Gasteiger partial charge in [-0.15, -0.1) is 0 Å². The summed E-state index contributed by atoms with van der Waals surface area (Å²) in [5.74, 6) is 0.412. The Labute approximate surface area is 208 Å². The van der Waals surface area contributed by atoms with Gasteiger partial charge in [-0.3, -0.25) is 9.80 Å². The number of hydrogen-bond acceptors (Lipinski definition) is 7. The van der Waals surface area contributed by atoms with Crippen molar-refractivity contribution in [2.45, 2.75) is 46.5 Å². The molecule has 2 aromatic heterocycles. The summed E-state index contributed by atoms with van der Waals surface area (Å²) < 4.78 is 10.6. The minimum absolute atomic E-state index is 0.153. The summed E-state index contributed by atoms with van der Waals surface area (Å²) in [6.07, 6.45) is 5.13. The number of anilines is 1. The number of rotatable bonds is 10. The first-order valence-corrected chi connectivity index (χ1v) is 12.5. The molecule has 0 saturated carbocycles. The van der Waals surface area contributed by atoms with E-state index in [0.29, 0.717) is 5.56 Å². The molecule has 0 atom stereocenters. The van der Waals surface area contributed by atoms with Gasteiger partial charge in [-0.05, 0) is 49.7 Å². The maximum absolute atomic E-state index is 12.5. The van der Waals surface area contributed by atoms with Crippen LogP contribution in [0.2, 0.25) is 0 Å². The minimum atomic E-state index is -0.308. The van der Waals surface area contributed by atoms with Crippen LogP contribution in [0.1, 0.15) is 47.8 Å². The molecule has 186 valence electrons. The van der Waals surface area contributed by atoms with E-state index >= 15 is 0 Å². The Morgan fingerprint density at radius 2 is 1.74 bits per heavy atom. The van der Waals surface area contributed by atoms with Crippen molar-refractivity contribution in [2.75, 3.05) is 37.6 Å². The number of carbonyl (C=O) groups excluding carboxylic acids is 1. The number of esters is 1. The number of pyridine rings is 1. The van der Waals surface area contributed by atoms with Crippen molar-refractivity contribution in [2.24, 2.45) is 0 Å². The Morgan fingerprint density at radius 3 is 2.40 bits per heavy atom. The van der Waals surface area contributed by atoms with Crippen molar-refractivity contribution in [3.8, 4) is 0 Å². The molecular weight excluding hydrogens is 440 g/mol. The summed E-state index contributed by atoms with van der Waals surface area (Å²) in [6.45, 7) is 13.1. The highest BCUT2D eigenvalue weighted by molar-refractivity contribution is 5.94. The third-order valence-electron chi connectivity index (χ3n) is 6.29. The van der Waals surface area contributed by atoms with E-state index < -0.39 is 0 Å². The zero-order valence-corrected chi connectivity index (χ0v) is 21.0. The Balaban J connectivity index is 1.29. The smallest absolute Gasteiger partial charge is 0.342 e. The Kier molecular flexibility index (Phi) is 8.55. The maximum atomic E-state index is 12.5. The molecule has 1 aromatic carbocycles. The second-order valence-electron chi connectivity index (χ2n) is 9.34. The maximum Gasteiger partial charge on any atom is 0.342 e. The molecule has 1 aliphatic heterocycles. The van der Waals surface area contributed by atoms with Gasteiger partial charge in [0.25, 0.3) is 0 Å². The van der Waals surface area contributed by atoms with E-state index in [9.17, 15) is 4.79 Å². The van der Waals surface area contributed by atoms with Gasteiger partial charge < -0.3 is 14.1 Å². The van der Waals surface area contributed by atoms with Gasteiger partial charge in [0.1, 0.15) is 11.4 Å². The molecule has 0 unspecified atom stereocenters. The predicted octanol–water partition coefficient (Wildman–Crippen LogP) is 4.58. The number of aromatic nitrogens is 1. The van der Waals surface area contributed by atoms with E-state index in [4.69, 9.17) is 9.15 Å². The van der Waals surface area contributed by atoms with Gasteiger partial charge in [-0.25, -0.2) is 9.78 Å². The van der Waals surface area contributed by atoms with Gasteiger partial charge >= 0.3 is 5.97 Å². The molecular formula is C28H36N4O3. The Morgan fingerprint density at radius 1 is 1.03 bits per heavy atom. The van der Waals surface area contributed by atoms with Crippen molar-refractivity contribution in [1.82, 2.24) is 14.8 Å². The zero-order valence-electron chi connectivity index (χ0n) is 21.0. The van der Waals surface area contributed by atoms with E-state index in [1.165, 1.54) is 16.7 Å². The van der Waals surface area contributed by atoms with Crippen molar-refractivity contribution in [1.29, 1.82) is 0 Å². The highest BCUT2D eigenvalue weighted by Crippen LogP contribution is 2.21. The monoisotopic (exact) mass is 476 g/mol. The number of carbonyl (C=O) groups is 1. The molecule has 0 N–H and O–H groups in total. The van der Waals surface area contributed by atoms with E-state index in [1.54, 1.807) is 24.6 Å². The standard InChI is InChI=1S/C28H36N4O3/c1-4-30(20-25-11-17-34-21-25)18-23-7-9-24(10-8-23)19-31-13-15-32(16-14-31)27-26(6-5-12-29-27)28(33)35-22(2)3/h5-12,17,21-22H,4,13-16,18-20H2,1-3H3. The van der Waals surface area contributed by atoms with Gasteiger partial charge in [-0.1, -0.05) is 31.2 Å². The first kappa shape index (κ1) is 24.9. The highest BCUT2D eigenvalue weighted by atomic mass is 16.5. The molecule has 4 rings (SSSR count). The van der Waals surface area contributed by atoms with E-state index in [1.807, 2.05) is 26.2 Å². The first-order valence-electron chi connectivity index (χ1n) is 12.5. The molecule has 3 aromatic rings. The summed E-state index contributed by atoms with van der Waals surface area (Å²) in [6, 6.07) is 14.6. The number of ether oxygens (including phenoxy) is 1. The number of hydrogen-bond donors (Lipinski definition) is 0.